The average molecular weight is 471 g/mol. The van der Waals surface area contributed by atoms with Gasteiger partial charge in [-0.15, -0.1) is 0 Å². The van der Waals surface area contributed by atoms with E-state index in [1.54, 1.807) is 13.2 Å². The van der Waals surface area contributed by atoms with E-state index in [1.165, 1.54) is 0 Å². The number of carbonyl (C=O) groups excluding carboxylic acids is 2. The van der Waals surface area contributed by atoms with E-state index in [9.17, 15) is 9.59 Å². The first kappa shape index (κ1) is 22.8. The molecule has 1 aliphatic heterocycles. The summed E-state index contributed by atoms with van der Waals surface area (Å²) in [5.41, 5.74) is 2.56. The molecule has 2 heterocycles. The highest BCUT2D eigenvalue weighted by molar-refractivity contribution is 6.05. The van der Waals surface area contributed by atoms with Crippen LogP contribution in [0.5, 0.6) is 5.75 Å². The Morgan fingerprint density at radius 2 is 1.89 bits per heavy atom. The van der Waals surface area contributed by atoms with E-state index < -0.39 is 5.97 Å². The molecule has 4 aromatic rings. The molecule has 1 amide bonds. The zero-order valence-corrected chi connectivity index (χ0v) is 19.5. The predicted molar refractivity (Wildman–Crippen MR) is 134 cm³/mol. The van der Waals surface area contributed by atoms with Crippen LogP contribution in [0.25, 0.3) is 32.9 Å². The van der Waals surface area contributed by atoms with Crippen LogP contribution in [0.4, 0.5) is 0 Å². The second kappa shape index (κ2) is 10.1. The van der Waals surface area contributed by atoms with E-state index in [2.05, 4.69) is 5.32 Å². The normalized spacial score (nSPS) is 15.3. The first-order valence-electron chi connectivity index (χ1n) is 11.6. The van der Waals surface area contributed by atoms with E-state index in [0.717, 1.165) is 41.5 Å². The third-order valence-corrected chi connectivity index (χ3v) is 6.16. The topological polar surface area (TPSA) is 86.8 Å². The molecular weight excluding hydrogens is 444 g/mol. The summed E-state index contributed by atoms with van der Waals surface area (Å²) in [7, 11) is 1.64. The van der Waals surface area contributed by atoms with Crippen LogP contribution in [0.3, 0.4) is 0 Å². The van der Waals surface area contributed by atoms with Crippen molar-refractivity contribution in [1.82, 2.24) is 10.3 Å². The largest absolute Gasteiger partial charge is 0.497 e. The van der Waals surface area contributed by atoms with Crippen LogP contribution in [0.2, 0.25) is 0 Å². The molecule has 0 unspecified atom stereocenters. The first-order chi connectivity index (χ1) is 17.1. The summed E-state index contributed by atoms with van der Waals surface area (Å²) >= 11 is 0. The molecule has 3 aromatic carbocycles. The maximum Gasteiger partial charge on any atom is 0.339 e. The Balaban J connectivity index is 1.38. The van der Waals surface area contributed by atoms with E-state index in [0.29, 0.717) is 28.7 Å². The van der Waals surface area contributed by atoms with Crippen molar-refractivity contribution in [2.24, 2.45) is 0 Å². The highest BCUT2D eigenvalue weighted by Gasteiger charge is 2.19. The zero-order chi connectivity index (χ0) is 24.2. The third-order valence-electron chi connectivity index (χ3n) is 6.16. The molecule has 1 fully saturated rings. The van der Waals surface area contributed by atoms with Gasteiger partial charge in [-0.3, -0.25) is 4.79 Å². The molecule has 5 rings (SSSR count). The average Bonchev–Trinajstić information content (AvgIpc) is 3.43. The van der Waals surface area contributed by atoms with Crippen molar-refractivity contribution < 1.29 is 23.8 Å². The van der Waals surface area contributed by atoms with Gasteiger partial charge >= 0.3 is 5.97 Å². The highest BCUT2D eigenvalue weighted by atomic mass is 16.5. The van der Waals surface area contributed by atoms with Gasteiger partial charge in [-0.25, -0.2) is 9.78 Å². The van der Waals surface area contributed by atoms with E-state index >= 15 is 0 Å². The molecule has 1 atom stereocenters. The quantitative estimate of drug-likeness (QED) is 0.400. The van der Waals surface area contributed by atoms with Crippen LogP contribution < -0.4 is 10.1 Å². The molecule has 178 valence electrons. The van der Waals surface area contributed by atoms with Crippen LogP contribution >= 0.6 is 0 Å². The Morgan fingerprint density at radius 1 is 1.06 bits per heavy atom. The van der Waals surface area contributed by atoms with Gasteiger partial charge < -0.3 is 19.5 Å². The second-order valence-corrected chi connectivity index (χ2v) is 8.52. The Morgan fingerprint density at radius 3 is 2.71 bits per heavy atom. The number of amides is 1. The Labute approximate surface area is 203 Å². The van der Waals surface area contributed by atoms with Gasteiger partial charge in [0.25, 0.3) is 5.91 Å². The van der Waals surface area contributed by atoms with Crippen LogP contribution in [0.1, 0.15) is 23.2 Å². The number of rotatable bonds is 7. The number of para-hydroxylation sites is 1. The Hall–Kier alpha value is -3.97. The number of carbonyl (C=O) groups is 2. The second-order valence-electron chi connectivity index (χ2n) is 8.52. The summed E-state index contributed by atoms with van der Waals surface area (Å²) in [5, 5.41) is 5.52. The number of benzene rings is 3. The summed E-state index contributed by atoms with van der Waals surface area (Å²) in [6.45, 7) is 0.792. The number of methoxy groups -OCH3 is 1. The van der Waals surface area contributed by atoms with Gasteiger partial charge in [0.1, 0.15) is 5.75 Å². The first-order valence-corrected chi connectivity index (χ1v) is 11.6. The molecule has 1 aliphatic rings. The Bertz CT molecular complexity index is 1400. The lowest BCUT2D eigenvalue weighted by atomic mass is 10.0. The molecule has 0 bridgehead atoms. The van der Waals surface area contributed by atoms with Crippen molar-refractivity contribution >= 4 is 33.6 Å². The fourth-order valence-electron chi connectivity index (χ4n) is 4.30. The standard InChI is InChI=1S/C28H26N2O5/c1-33-21-11-10-18-13-20(9-8-19(18)14-21)26-15-24(23-6-2-3-7-25(23)30-26)28(32)35-17-27(31)29-16-22-5-4-12-34-22/h2-3,6-11,13-15,22H,4-5,12,16-17H2,1H3,(H,29,31)/t22-/m0/s1. The van der Waals surface area contributed by atoms with E-state index in [1.807, 2.05) is 60.7 Å². The SMILES string of the molecule is COc1ccc2cc(-c3cc(C(=O)OCC(=O)NC[C@@H]4CCCO4)c4ccccc4n3)ccc2c1. The van der Waals surface area contributed by atoms with Crippen molar-refractivity contribution in [3.8, 4) is 17.0 Å². The van der Waals surface area contributed by atoms with Crippen molar-refractivity contribution in [2.45, 2.75) is 18.9 Å². The van der Waals surface area contributed by atoms with Gasteiger partial charge in [-0.2, -0.15) is 0 Å². The summed E-state index contributed by atoms with van der Waals surface area (Å²) in [4.78, 5) is 30.0. The molecule has 0 saturated carbocycles. The predicted octanol–water partition coefficient (Wildman–Crippen LogP) is 4.52. The number of pyridine rings is 1. The molecule has 0 spiro atoms. The monoisotopic (exact) mass is 470 g/mol. The van der Waals surface area contributed by atoms with Crippen molar-refractivity contribution in [1.29, 1.82) is 0 Å². The summed E-state index contributed by atoms with van der Waals surface area (Å²) in [6.07, 6.45) is 1.95. The minimum Gasteiger partial charge on any atom is -0.497 e. The van der Waals surface area contributed by atoms with Crippen LogP contribution in [0, 0.1) is 0 Å². The fraction of sp³-hybridized carbons (Fsp3) is 0.250. The lowest BCUT2D eigenvalue weighted by Gasteiger charge is -2.12. The lowest BCUT2D eigenvalue weighted by Crippen LogP contribution is -2.34. The van der Waals surface area contributed by atoms with E-state index in [4.69, 9.17) is 19.2 Å². The minimum atomic E-state index is -0.567. The number of nitrogens with one attached hydrogen (secondary N) is 1. The maximum absolute atomic E-state index is 13.0. The molecule has 7 nitrogen and oxygen atoms in total. The molecule has 1 N–H and O–H groups in total. The molecule has 0 radical (unpaired) electrons. The van der Waals surface area contributed by atoms with E-state index in [-0.39, 0.29) is 18.6 Å². The number of hydrogen-bond acceptors (Lipinski definition) is 6. The number of hydrogen-bond donors (Lipinski definition) is 1. The number of aromatic nitrogens is 1. The molecule has 1 aromatic heterocycles. The van der Waals surface area contributed by atoms with Gasteiger partial charge in [-0.1, -0.05) is 36.4 Å². The number of fused-ring (bicyclic) bond motifs is 2. The van der Waals surface area contributed by atoms with Crippen molar-refractivity contribution in [2.75, 3.05) is 26.9 Å². The molecule has 0 aliphatic carbocycles. The highest BCUT2D eigenvalue weighted by Crippen LogP contribution is 2.29. The molecule has 1 saturated heterocycles. The molecular formula is C28H26N2O5. The lowest BCUT2D eigenvalue weighted by molar-refractivity contribution is -0.124. The van der Waals surface area contributed by atoms with Crippen molar-refractivity contribution in [3.63, 3.8) is 0 Å². The third kappa shape index (κ3) is 5.10. The zero-order valence-electron chi connectivity index (χ0n) is 19.5. The smallest absolute Gasteiger partial charge is 0.339 e. The molecule has 7 heteroatoms. The summed E-state index contributed by atoms with van der Waals surface area (Å²) in [6, 6.07) is 21.0. The number of nitrogens with zero attached hydrogens (tertiary/aromatic N) is 1. The van der Waals surface area contributed by atoms with Crippen molar-refractivity contribution in [3.05, 3.63) is 72.3 Å². The van der Waals surface area contributed by atoms with Crippen LogP contribution in [-0.4, -0.2) is 49.8 Å². The minimum absolute atomic E-state index is 0.0318. The van der Waals surface area contributed by atoms with Gasteiger partial charge in [0.05, 0.1) is 30.0 Å². The Kier molecular flexibility index (Phi) is 6.59. The number of esters is 1. The van der Waals surface area contributed by atoms with Crippen LogP contribution in [0.15, 0.2) is 66.7 Å². The van der Waals surface area contributed by atoms with Gasteiger partial charge in [-0.05, 0) is 53.9 Å². The fourth-order valence-corrected chi connectivity index (χ4v) is 4.30. The maximum atomic E-state index is 13.0. The summed E-state index contributed by atoms with van der Waals surface area (Å²) in [5.74, 6) is -0.126. The van der Waals surface area contributed by atoms with Gasteiger partial charge in [0, 0.05) is 24.1 Å². The van der Waals surface area contributed by atoms with Crippen LogP contribution in [-0.2, 0) is 14.3 Å². The number of ether oxygens (including phenoxy) is 3. The van der Waals surface area contributed by atoms with Gasteiger partial charge in [0.2, 0.25) is 0 Å². The van der Waals surface area contributed by atoms with Gasteiger partial charge in [0.15, 0.2) is 6.61 Å². The summed E-state index contributed by atoms with van der Waals surface area (Å²) < 4.78 is 16.2. The molecule has 35 heavy (non-hydrogen) atoms.